The first-order valence-electron chi connectivity index (χ1n) is 15.5. The van der Waals surface area contributed by atoms with Crippen LogP contribution in [0.2, 0.25) is 0 Å². The van der Waals surface area contributed by atoms with Gasteiger partial charge in [-0.2, -0.15) is 0 Å². The second-order valence-electron chi connectivity index (χ2n) is 11.7. The summed E-state index contributed by atoms with van der Waals surface area (Å²) in [4.78, 5) is 53.1. The number of rotatable bonds is 17. The molecule has 0 aliphatic rings. The molecule has 4 aromatic rings. The first kappa shape index (κ1) is 36.0. The van der Waals surface area contributed by atoms with E-state index in [-0.39, 0.29) is 18.8 Å². The summed E-state index contributed by atoms with van der Waals surface area (Å²) in [6.07, 6.45) is -0.0504. The van der Waals surface area contributed by atoms with E-state index in [2.05, 4.69) is 5.32 Å². The Kier molecular flexibility index (Phi) is 12.6. The minimum atomic E-state index is -3.84. The molecule has 0 heterocycles. The minimum Gasteiger partial charge on any atom is -0.480 e. The number of hydrogen-bond donors (Lipinski definition) is 3. The second kappa shape index (κ2) is 16.8. The zero-order valence-corrected chi connectivity index (χ0v) is 27.6. The normalized spacial score (nSPS) is 13.2. The highest BCUT2D eigenvalue weighted by Crippen LogP contribution is 2.44. The topological polar surface area (TPSA) is 162 Å². The highest BCUT2D eigenvalue weighted by atomic mass is 31.2. The van der Waals surface area contributed by atoms with Crippen LogP contribution in [0.4, 0.5) is 0 Å². The van der Waals surface area contributed by atoms with Crippen LogP contribution in [0.5, 0.6) is 11.5 Å². The van der Waals surface area contributed by atoms with Gasteiger partial charge in [0.05, 0.1) is 12.5 Å². The van der Waals surface area contributed by atoms with Gasteiger partial charge in [0.15, 0.2) is 11.6 Å². The highest BCUT2D eigenvalue weighted by Gasteiger charge is 2.42. The van der Waals surface area contributed by atoms with Crippen molar-refractivity contribution < 1.29 is 38.1 Å². The lowest BCUT2D eigenvalue weighted by Crippen LogP contribution is -2.54. The Hall–Kier alpha value is -4.89. The molecular weight excluding hydrogens is 631 g/mol. The number of amides is 1. The SMILES string of the molecule is CC(C)C[C@H](NC(=O)Cc1ccccc1Oc1ccccc1)C(=O)[C@@H](C(=O)COP(=O)(c1ccccc1)c1ccccc1)C(N)C(=O)O. The molecule has 4 N–H and O–H groups in total. The van der Waals surface area contributed by atoms with Crippen molar-refractivity contribution in [2.75, 3.05) is 6.61 Å². The first-order chi connectivity index (χ1) is 23.0. The maximum absolute atomic E-state index is 14.3. The lowest BCUT2D eigenvalue weighted by atomic mass is 9.85. The summed E-state index contributed by atoms with van der Waals surface area (Å²) >= 11 is 0. The van der Waals surface area contributed by atoms with Gasteiger partial charge in [0.2, 0.25) is 5.91 Å². The number of carboxylic acid groups (broad SMARTS) is 1. The lowest BCUT2D eigenvalue weighted by molar-refractivity contribution is -0.147. The van der Waals surface area contributed by atoms with Crippen LogP contribution < -0.4 is 26.4 Å². The fourth-order valence-corrected chi connectivity index (χ4v) is 7.22. The molecule has 0 saturated carbocycles. The maximum Gasteiger partial charge on any atom is 0.321 e. The third kappa shape index (κ3) is 9.35. The molecule has 4 rings (SSSR count). The van der Waals surface area contributed by atoms with Crippen LogP contribution in [0.1, 0.15) is 25.8 Å². The summed E-state index contributed by atoms with van der Waals surface area (Å²) < 4.78 is 26.1. The molecule has 0 aliphatic carbocycles. The smallest absolute Gasteiger partial charge is 0.321 e. The molecule has 0 spiro atoms. The van der Waals surface area contributed by atoms with Crippen molar-refractivity contribution in [3.05, 3.63) is 121 Å². The van der Waals surface area contributed by atoms with Gasteiger partial charge in [0, 0.05) is 16.2 Å². The zero-order chi connectivity index (χ0) is 34.7. The average Bonchev–Trinajstić information content (AvgIpc) is 3.08. The molecule has 0 saturated heterocycles. The van der Waals surface area contributed by atoms with E-state index in [9.17, 15) is 28.8 Å². The van der Waals surface area contributed by atoms with Gasteiger partial charge in [-0.15, -0.1) is 0 Å². The standard InChI is InChI=1S/C37H39N2O8P/c1-25(2)22-30(39-33(41)23-26-14-12-13-21-32(26)47-27-15-6-3-7-16-27)36(42)34(35(38)37(43)44)31(40)24-46-48(45,28-17-8-4-9-18-28)29-19-10-5-11-20-29/h3-21,25,30,34-35H,22-24,38H2,1-2H3,(H,39,41)(H,43,44)/t30-,34-,35?/m0/s1. The molecule has 1 amide bonds. The van der Waals surface area contributed by atoms with E-state index in [1.807, 2.05) is 32.0 Å². The fraction of sp³-hybridized carbons (Fsp3) is 0.243. The number of nitrogens with one attached hydrogen (secondary N) is 1. The predicted octanol–water partition coefficient (Wildman–Crippen LogP) is 4.66. The maximum atomic E-state index is 14.3. The number of para-hydroxylation sites is 2. The molecule has 0 fully saturated rings. The van der Waals surface area contributed by atoms with Crippen molar-refractivity contribution in [2.45, 2.75) is 38.8 Å². The van der Waals surface area contributed by atoms with Crippen LogP contribution in [0.25, 0.3) is 0 Å². The molecule has 11 heteroatoms. The van der Waals surface area contributed by atoms with E-state index in [4.69, 9.17) is 15.0 Å². The first-order valence-corrected chi connectivity index (χ1v) is 17.1. The van der Waals surface area contributed by atoms with Gasteiger partial charge < -0.3 is 25.4 Å². The van der Waals surface area contributed by atoms with Crippen LogP contribution in [-0.4, -0.2) is 47.2 Å². The van der Waals surface area contributed by atoms with Gasteiger partial charge in [0.25, 0.3) is 7.37 Å². The van der Waals surface area contributed by atoms with Crippen LogP contribution in [-0.2, 0) is 34.7 Å². The van der Waals surface area contributed by atoms with E-state index < -0.39 is 55.4 Å². The van der Waals surface area contributed by atoms with E-state index in [0.717, 1.165) is 0 Å². The van der Waals surface area contributed by atoms with Gasteiger partial charge in [-0.1, -0.05) is 86.6 Å². The number of Topliss-reactive ketones (excluding diaryl/α,β-unsaturated/α-hetero) is 2. The van der Waals surface area contributed by atoms with E-state index in [1.165, 1.54) is 0 Å². The van der Waals surface area contributed by atoms with Crippen molar-refractivity contribution in [3.63, 3.8) is 0 Å². The molecule has 1 unspecified atom stereocenters. The molecular formula is C37H39N2O8P. The molecule has 48 heavy (non-hydrogen) atoms. The van der Waals surface area contributed by atoms with Crippen molar-refractivity contribution in [3.8, 4) is 11.5 Å². The van der Waals surface area contributed by atoms with Gasteiger partial charge in [0.1, 0.15) is 30.1 Å². The lowest BCUT2D eigenvalue weighted by Gasteiger charge is -2.27. The summed E-state index contributed by atoms with van der Waals surface area (Å²) in [5, 5.41) is 13.1. The summed E-state index contributed by atoms with van der Waals surface area (Å²) in [5.41, 5.74) is 6.50. The van der Waals surface area contributed by atoms with Crippen molar-refractivity contribution in [1.82, 2.24) is 5.32 Å². The Morgan fingerprint density at radius 2 is 1.31 bits per heavy atom. The number of nitrogens with two attached hydrogens (primary N) is 1. The molecule has 10 nitrogen and oxygen atoms in total. The molecule has 3 atom stereocenters. The van der Waals surface area contributed by atoms with Gasteiger partial charge in [-0.05, 0) is 54.8 Å². The highest BCUT2D eigenvalue weighted by molar-refractivity contribution is 7.74. The fourth-order valence-electron chi connectivity index (χ4n) is 5.19. The molecule has 0 bridgehead atoms. The zero-order valence-electron chi connectivity index (χ0n) is 26.7. The third-order valence-electron chi connectivity index (χ3n) is 7.56. The predicted molar refractivity (Wildman–Crippen MR) is 183 cm³/mol. The summed E-state index contributed by atoms with van der Waals surface area (Å²) in [7, 11) is -3.84. The minimum absolute atomic E-state index is 0.107. The number of ether oxygens (including phenoxy) is 1. The van der Waals surface area contributed by atoms with Crippen molar-refractivity contribution in [2.24, 2.45) is 17.6 Å². The Labute approximate surface area is 279 Å². The Balaban J connectivity index is 1.56. The number of carbonyl (C=O) groups excluding carboxylic acids is 3. The summed E-state index contributed by atoms with van der Waals surface area (Å²) in [5.74, 6) is -4.95. The Bertz CT molecular complexity index is 1710. The van der Waals surface area contributed by atoms with E-state index >= 15 is 0 Å². The number of carboxylic acids is 1. The van der Waals surface area contributed by atoms with Gasteiger partial charge in [-0.3, -0.25) is 23.7 Å². The summed E-state index contributed by atoms with van der Waals surface area (Å²) in [6, 6.07) is 29.4. The number of ketones is 2. The number of carbonyl (C=O) groups is 4. The molecule has 250 valence electrons. The van der Waals surface area contributed by atoms with Crippen molar-refractivity contribution in [1.29, 1.82) is 0 Å². The second-order valence-corrected chi connectivity index (χ2v) is 14.0. The monoisotopic (exact) mass is 670 g/mol. The average molecular weight is 671 g/mol. The number of hydrogen-bond acceptors (Lipinski definition) is 8. The van der Waals surface area contributed by atoms with Crippen LogP contribution in [0.3, 0.4) is 0 Å². The van der Waals surface area contributed by atoms with Gasteiger partial charge in [-0.25, -0.2) is 0 Å². The van der Waals surface area contributed by atoms with Crippen LogP contribution in [0, 0.1) is 11.8 Å². The van der Waals surface area contributed by atoms with Crippen LogP contribution >= 0.6 is 7.37 Å². The number of benzene rings is 4. The Morgan fingerprint density at radius 3 is 1.85 bits per heavy atom. The quantitative estimate of drug-likeness (QED) is 0.107. The van der Waals surface area contributed by atoms with Crippen LogP contribution in [0.15, 0.2) is 115 Å². The third-order valence-corrected chi connectivity index (χ3v) is 10.0. The molecule has 4 aromatic carbocycles. The van der Waals surface area contributed by atoms with Crippen molar-refractivity contribution >= 4 is 41.4 Å². The molecule has 0 aliphatic heterocycles. The molecule has 0 aromatic heterocycles. The largest absolute Gasteiger partial charge is 0.480 e. The van der Waals surface area contributed by atoms with E-state index in [1.54, 1.807) is 97.1 Å². The molecule has 0 radical (unpaired) electrons. The van der Waals surface area contributed by atoms with E-state index in [0.29, 0.717) is 27.7 Å². The Morgan fingerprint density at radius 1 is 0.792 bits per heavy atom. The number of aliphatic carboxylic acids is 1. The van der Waals surface area contributed by atoms with Gasteiger partial charge >= 0.3 is 5.97 Å². The summed E-state index contributed by atoms with van der Waals surface area (Å²) in [6.45, 7) is 2.79.